The second-order valence-electron chi connectivity index (χ2n) is 4.14. The molecular weight excluding hydrogens is 257 g/mol. The Bertz CT molecular complexity index is 575. The van der Waals surface area contributed by atoms with Crippen molar-refractivity contribution < 1.29 is 13.2 Å². The molecule has 0 spiro atoms. The van der Waals surface area contributed by atoms with Gasteiger partial charge < -0.3 is 11.1 Å². The van der Waals surface area contributed by atoms with Crippen LogP contribution in [-0.2, 0) is 19.8 Å². The van der Waals surface area contributed by atoms with Crippen LogP contribution in [0.15, 0.2) is 30.5 Å². The van der Waals surface area contributed by atoms with Gasteiger partial charge in [0.25, 0.3) is 0 Å². The van der Waals surface area contributed by atoms with Gasteiger partial charge in [-0.3, -0.25) is 4.68 Å². The van der Waals surface area contributed by atoms with Crippen LogP contribution in [-0.4, -0.2) is 9.78 Å². The van der Waals surface area contributed by atoms with Crippen molar-refractivity contribution in [1.29, 1.82) is 0 Å². The molecule has 0 bridgehead atoms. The highest BCUT2D eigenvalue weighted by molar-refractivity contribution is 5.59. The maximum absolute atomic E-state index is 12.8. The highest BCUT2D eigenvalue weighted by atomic mass is 19.4. The van der Waals surface area contributed by atoms with Gasteiger partial charge in [-0.15, -0.1) is 0 Å². The number of nitrogens with one attached hydrogen (secondary N) is 1. The van der Waals surface area contributed by atoms with Gasteiger partial charge in [-0.05, 0) is 24.3 Å². The van der Waals surface area contributed by atoms with E-state index in [1.807, 2.05) is 0 Å². The van der Waals surface area contributed by atoms with Crippen molar-refractivity contribution in [3.63, 3.8) is 0 Å². The summed E-state index contributed by atoms with van der Waals surface area (Å²) in [4.78, 5) is 0. The van der Waals surface area contributed by atoms with E-state index in [-0.39, 0.29) is 17.9 Å². The third-order valence-corrected chi connectivity index (χ3v) is 2.58. The third kappa shape index (κ3) is 3.18. The van der Waals surface area contributed by atoms with Crippen LogP contribution in [0.1, 0.15) is 11.3 Å². The van der Waals surface area contributed by atoms with E-state index >= 15 is 0 Å². The lowest BCUT2D eigenvalue weighted by molar-refractivity contribution is -0.136. The van der Waals surface area contributed by atoms with Crippen molar-refractivity contribution in [2.75, 3.05) is 11.1 Å². The molecule has 0 aliphatic rings. The molecule has 1 aromatic carbocycles. The van der Waals surface area contributed by atoms with E-state index in [4.69, 9.17) is 5.73 Å². The van der Waals surface area contributed by atoms with Crippen LogP contribution in [0.3, 0.4) is 0 Å². The van der Waals surface area contributed by atoms with Gasteiger partial charge in [0.1, 0.15) is 0 Å². The number of alkyl halides is 3. The minimum absolute atomic E-state index is 0.00708. The van der Waals surface area contributed by atoms with Crippen LogP contribution < -0.4 is 11.1 Å². The molecule has 19 heavy (non-hydrogen) atoms. The molecule has 0 unspecified atom stereocenters. The van der Waals surface area contributed by atoms with Crippen LogP contribution in [0, 0.1) is 0 Å². The molecule has 4 nitrogen and oxygen atoms in total. The van der Waals surface area contributed by atoms with E-state index < -0.39 is 11.7 Å². The summed E-state index contributed by atoms with van der Waals surface area (Å²) >= 11 is 0. The van der Waals surface area contributed by atoms with Crippen LogP contribution in [0.2, 0.25) is 0 Å². The van der Waals surface area contributed by atoms with E-state index in [9.17, 15) is 13.2 Å². The zero-order chi connectivity index (χ0) is 14.0. The van der Waals surface area contributed by atoms with E-state index in [0.29, 0.717) is 5.69 Å². The smallest absolute Gasteiger partial charge is 0.399 e. The van der Waals surface area contributed by atoms with Gasteiger partial charge in [-0.1, -0.05) is 0 Å². The van der Waals surface area contributed by atoms with Crippen molar-refractivity contribution in [2.45, 2.75) is 12.7 Å². The largest absolute Gasteiger partial charge is 0.418 e. The van der Waals surface area contributed by atoms with E-state index in [1.54, 1.807) is 24.0 Å². The highest BCUT2D eigenvalue weighted by Crippen LogP contribution is 2.36. The Morgan fingerprint density at radius 3 is 2.63 bits per heavy atom. The lowest BCUT2D eigenvalue weighted by atomic mass is 10.1. The summed E-state index contributed by atoms with van der Waals surface area (Å²) in [6, 6.07) is 5.40. The molecule has 7 heteroatoms. The van der Waals surface area contributed by atoms with Gasteiger partial charge in [0.05, 0.1) is 17.8 Å². The fraction of sp³-hybridized carbons (Fsp3) is 0.250. The van der Waals surface area contributed by atoms with E-state index in [1.165, 1.54) is 12.1 Å². The average Bonchev–Trinajstić information content (AvgIpc) is 2.72. The van der Waals surface area contributed by atoms with Crippen molar-refractivity contribution >= 4 is 11.4 Å². The Labute approximate surface area is 108 Å². The molecule has 0 radical (unpaired) electrons. The Morgan fingerprint density at radius 1 is 1.32 bits per heavy atom. The monoisotopic (exact) mass is 270 g/mol. The van der Waals surface area contributed by atoms with Crippen molar-refractivity contribution in [2.24, 2.45) is 7.05 Å². The van der Waals surface area contributed by atoms with Gasteiger partial charge >= 0.3 is 6.18 Å². The minimum atomic E-state index is -4.44. The second kappa shape index (κ2) is 4.83. The number of hydrogen-bond donors (Lipinski definition) is 2. The topological polar surface area (TPSA) is 55.9 Å². The quantitative estimate of drug-likeness (QED) is 0.843. The fourth-order valence-electron chi connectivity index (χ4n) is 1.69. The summed E-state index contributed by atoms with van der Waals surface area (Å²) in [5.41, 5.74) is 5.35. The lowest BCUT2D eigenvalue weighted by Gasteiger charge is -2.14. The molecule has 0 atom stereocenters. The normalized spacial score (nSPS) is 11.6. The lowest BCUT2D eigenvalue weighted by Crippen LogP contribution is -2.11. The molecule has 0 saturated heterocycles. The number of aromatic nitrogens is 2. The molecule has 102 valence electrons. The Kier molecular flexibility index (Phi) is 3.37. The van der Waals surface area contributed by atoms with Gasteiger partial charge in [0.15, 0.2) is 0 Å². The number of anilines is 2. The number of halogens is 3. The SMILES string of the molecule is Cn1ccc(CNc2ccc(N)cc2C(F)(F)F)n1. The summed E-state index contributed by atoms with van der Waals surface area (Å²) in [6.07, 6.45) is -2.72. The fourth-order valence-corrected chi connectivity index (χ4v) is 1.69. The maximum Gasteiger partial charge on any atom is 0.418 e. The molecule has 0 fully saturated rings. The zero-order valence-corrected chi connectivity index (χ0v) is 10.2. The number of rotatable bonds is 3. The number of benzene rings is 1. The molecule has 2 rings (SSSR count). The standard InChI is InChI=1S/C12H13F3N4/c1-19-5-4-9(18-19)7-17-11-3-2-8(16)6-10(11)12(13,14)15/h2-6,17H,7,16H2,1H3. The first-order valence-electron chi connectivity index (χ1n) is 5.55. The number of nitrogen functional groups attached to an aromatic ring is 1. The van der Waals surface area contributed by atoms with E-state index in [2.05, 4.69) is 10.4 Å². The number of nitrogens with zero attached hydrogens (tertiary/aromatic N) is 2. The summed E-state index contributed by atoms with van der Waals surface area (Å²) in [7, 11) is 1.74. The molecule has 2 aromatic rings. The average molecular weight is 270 g/mol. The van der Waals surface area contributed by atoms with Crippen molar-refractivity contribution in [3.8, 4) is 0 Å². The van der Waals surface area contributed by atoms with Crippen molar-refractivity contribution in [3.05, 3.63) is 41.7 Å². The second-order valence-corrected chi connectivity index (χ2v) is 4.14. The summed E-state index contributed by atoms with van der Waals surface area (Å²) in [6.45, 7) is 0.216. The van der Waals surface area contributed by atoms with Crippen LogP contribution in [0.5, 0.6) is 0 Å². The predicted molar refractivity (Wildman–Crippen MR) is 66.4 cm³/mol. The Morgan fingerprint density at radius 2 is 2.05 bits per heavy atom. The molecule has 3 N–H and O–H groups in total. The molecule has 0 saturated carbocycles. The van der Waals surface area contributed by atoms with E-state index in [0.717, 1.165) is 6.07 Å². The Balaban J connectivity index is 2.20. The predicted octanol–water partition coefficient (Wildman–Crippen LogP) is 2.63. The molecular formula is C12H13F3N4. The third-order valence-electron chi connectivity index (χ3n) is 2.58. The number of nitrogens with two attached hydrogens (primary N) is 1. The van der Waals surface area contributed by atoms with Crippen LogP contribution in [0.4, 0.5) is 24.5 Å². The number of aryl methyl sites for hydroxylation is 1. The minimum Gasteiger partial charge on any atom is -0.399 e. The molecule has 0 aliphatic heterocycles. The Hall–Kier alpha value is -2.18. The molecule has 1 aromatic heterocycles. The summed E-state index contributed by atoms with van der Waals surface area (Å²) in [5, 5.41) is 6.81. The van der Waals surface area contributed by atoms with Crippen LogP contribution >= 0.6 is 0 Å². The van der Waals surface area contributed by atoms with Gasteiger partial charge in [0, 0.05) is 24.6 Å². The zero-order valence-electron chi connectivity index (χ0n) is 10.2. The van der Waals surface area contributed by atoms with Crippen molar-refractivity contribution in [1.82, 2.24) is 9.78 Å². The maximum atomic E-state index is 12.8. The first kappa shape index (κ1) is 13.3. The summed E-state index contributed by atoms with van der Waals surface area (Å²) in [5.74, 6) is 0. The summed E-state index contributed by atoms with van der Waals surface area (Å²) < 4.78 is 40.1. The van der Waals surface area contributed by atoms with Gasteiger partial charge in [0.2, 0.25) is 0 Å². The molecule has 0 amide bonds. The van der Waals surface area contributed by atoms with Crippen LogP contribution in [0.25, 0.3) is 0 Å². The molecule has 1 heterocycles. The highest BCUT2D eigenvalue weighted by Gasteiger charge is 2.33. The van der Waals surface area contributed by atoms with Gasteiger partial charge in [-0.2, -0.15) is 18.3 Å². The first-order chi connectivity index (χ1) is 8.86. The first-order valence-corrected chi connectivity index (χ1v) is 5.55. The van der Waals surface area contributed by atoms with Gasteiger partial charge in [-0.25, -0.2) is 0 Å². The number of hydrogen-bond acceptors (Lipinski definition) is 3. The molecule has 0 aliphatic carbocycles.